The number of imide groups is 1. The third kappa shape index (κ3) is 3.79. The van der Waals surface area contributed by atoms with Gasteiger partial charge in [0.05, 0.1) is 16.0 Å². The average Bonchev–Trinajstić information content (AvgIpc) is 2.80. The lowest BCUT2D eigenvalue weighted by Gasteiger charge is -2.26. The molecule has 9 heteroatoms. The Bertz CT molecular complexity index is 1370. The van der Waals surface area contributed by atoms with Gasteiger partial charge in [0, 0.05) is 24.0 Å². The summed E-state index contributed by atoms with van der Waals surface area (Å²) in [4.78, 5) is 40.7. The number of rotatable bonds is 6. The predicted molar refractivity (Wildman–Crippen MR) is 121 cm³/mol. The molecule has 3 aromatic rings. The van der Waals surface area contributed by atoms with E-state index >= 15 is 0 Å². The molecule has 0 N–H and O–H groups in total. The fourth-order valence-corrected chi connectivity index (χ4v) is 4.74. The van der Waals surface area contributed by atoms with Crippen molar-refractivity contribution in [3.8, 4) is 0 Å². The van der Waals surface area contributed by atoms with Crippen LogP contribution in [0.5, 0.6) is 0 Å². The molecule has 33 heavy (non-hydrogen) atoms. The quantitative estimate of drug-likeness (QED) is 0.515. The van der Waals surface area contributed by atoms with Crippen LogP contribution >= 0.6 is 0 Å². The van der Waals surface area contributed by atoms with Gasteiger partial charge in [-0.3, -0.25) is 14.4 Å². The van der Waals surface area contributed by atoms with Crippen molar-refractivity contribution in [3.63, 3.8) is 0 Å². The highest BCUT2D eigenvalue weighted by molar-refractivity contribution is 7.86. The summed E-state index contributed by atoms with van der Waals surface area (Å²) in [7, 11) is -4.43. The molecule has 1 aliphatic rings. The standard InChI is InChI=1S/C24H22N2O6S/c1-4-25(5-2)22(27)18-13-14-20-21-17(18)7-6-8-19(21)23(28)26(24(20)29)32-33(30,31)16-11-9-15(3)10-12-16/h6-14H,4-5H2,1-3H3. The molecular weight excluding hydrogens is 444 g/mol. The zero-order valence-electron chi connectivity index (χ0n) is 18.4. The first-order valence-corrected chi connectivity index (χ1v) is 11.9. The Hall–Kier alpha value is -3.56. The average molecular weight is 467 g/mol. The lowest BCUT2D eigenvalue weighted by atomic mass is 9.91. The fourth-order valence-electron chi connectivity index (χ4n) is 3.86. The largest absolute Gasteiger partial charge is 0.339 e. The number of hydroxylamine groups is 2. The normalized spacial score (nSPS) is 13.5. The van der Waals surface area contributed by atoms with Crippen LogP contribution in [0.15, 0.2) is 59.5 Å². The van der Waals surface area contributed by atoms with E-state index in [1.807, 2.05) is 13.8 Å². The number of benzene rings is 3. The molecule has 0 aromatic heterocycles. The van der Waals surface area contributed by atoms with Crippen molar-refractivity contribution in [2.45, 2.75) is 25.7 Å². The molecule has 0 atom stereocenters. The van der Waals surface area contributed by atoms with Gasteiger partial charge in [-0.15, -0.1) is 9.35 Å². The van der Waals surface area contributed by atoms with E-state index in [4.69, 9.17) is 4.28 Å². The number of carbonyl (C=O) groups is 3. The summed E-state index contributed by atoms with van der Waals surface area (Å²) < 4.78 is 30.4. The summed E-state index contributed by atoms with van der Waals surface area (Å²) in [5.41, 5.74) is 1.36. The molecule has 4 rings (SSSR count). The third-order valence-corrected chi connectivity index (χ3v) is 6.83. The van der Waals surface area contributed by atoms with Gasteiger partial charge in [0.25, 0.3) is 17.7 Å². The molecule has 0 fully saturated rings. The summed E-state index contributed by atoms with van der Waals surface area (Å²) >= 11 is 0. The molecule has 0 aliphatic carbocycles. The molecule has 0 spiro atoms. The van der Waals surface area contributed by atoms with Crippen molar-refractivity contribution < 1.29 is 27.1 Å². The molecule has 0 unspecified atom stereocenters. The number of amides is 3. The third-order valence-electron chi connectivity index (χ3n) is 5.63. The molecular formula is C24H22N2O6S. The van der Waals surface area contributed by atoms with Crippen LogP contribution in [-0.4, -0.2) is 49.2 Å². The summed E-state index contributed by atoms with van der Waals surface area (Å²) in [5, 5.41) is 1.01. The summed E-state index contributed by atoms with van der Waals surface area (Å²) in [6, 6.07) is 13.5. The van der Waals surface area contributed by atoms with Gasteiger partial charge in [0.1, 0.15) is 0 Å². The van der Waals surface area contributed by atoms with Crippen LogP contribution < -0.4 is 0 Å². The van der Waals surface area contributed by atoms with E-state index in [9.17, 15) is 22.8 Å². The van der Waals surface area contributed by atoms with Crippen LogP contribution in [0.3, 0.4) is 0 Å². The highest BCUT2D eigenvalue weighted by Gasteiger charge is 2.38. The van der Waals surface area contributed by atoms with Crippen LogP contribution in [0.25, 0.3) is 10.8 Å². The van der Waals surface area contributed by atoms with E-state index < -0.39 is 21.9 Å². The Morgan fingerprint density at radius 1 is 0.909 bits per heavy atom. The number of carbonyl (C=O) groups excluding carboxylic acids is 3. The lowest BCUT2D eigenvalue weighted by Crippen LogP contribution is -2.42. The van der Waals surface area contributed by atoms with Crippen molar-refractivity contribution in [2.24, 2.45) is 0 Å². The Morgan fingerprint density at radius 2 is 1.52 bits per heavy atom. The Morgan fingerprint density at radius 3 is 2.12 bits per heavy atom. The molecule has 0 bridgehead atoms. The van der Waals surface area contributed by atoms with Gasteiger partial charge in [-0.2, -0.15) is 8.42 Å². The van der Waals surface area contributed by atoms with E-state index in [-0.39, 0.29) is 27.0 Å². The van der Waals surface area contributed by atoms with Crippen molar-refractivity contribution in [1.29, 1.82) is 0 Å². The second kappa shape index (κ2) is 8.42. The molecule has 3 amide bonds. The van der Waals surface area contributed by atoms with Gasteiger partial charge >= 0.3 is 10.1 Å². The monoisotopic (exact) mass is 466 g/mol. The summed E-state index contributed by atoms with van der Waals surface area (Å²) in [5.74, 6) is -2.05. The minimum atomic E-state index is -4.43. The molecule has 8 nitrogen and oxygen atoms in total. The number of hydrogen-bond donors (Lipinski definition) is 0. The maximum Gasteiger partial charge on any atom is 0.318 e. The van der Waals surface area contributed by atoms with Crippen LogP contribution in [0.4, 0.5) is 0 Å². The van der Waals surface area contributed by atoms with E-state index in [0.29, 0.717) is 29.4 Å². The summed E-state index contributed by atoms with van der Waals surface area (Å²) in [6.07, 6.45) is 0. The van der Waals surface area contributed by atoms with E-state index in [2.05, 4.69) is 0 Å². The van der Waals surface area contributed by atoms with Gasteiger partial charge in [-0.05, 0) is 56.5 Å². The zero-order chi connectivity index (χ0) is 23.9. The van der Waals surface area contributed by atoms with Crippen LogP contribution in [0.1, 0.15) is 50.5 Å². The highest BCUT2D eigenvalue weighted by atomic mass is 32.2. The number of nitrogens with zero attached hydrogens (tertiary/aromatic N) is 2. The number of aryl methyl sites for hydroxylation is 1. The van der Waals surface area contributed by atoms with E-state index in [1.165, 1.54) is 30.3 Å². The Labute approximate surface area is 191 Å². The van der Waals surface area contributed by atoms with Gasteiger partial charge in [-0.25, -0.2) is 0 Å². The first-order chi connectivity index (χ1) is 15.7. The topological polar surface area (TPSA) is 101 Å². The first kappa shape index (κ1) is 22.6. The van der Waals surface area contributed by atoms with Crippen molar-refractivity contribution in [2.75, 3.05) is 13.1 Å². The summed E-state index contributed by atoms with van der Waals surface area (Å²) in [6.45, 7) is 6.54. The molecule has 0 radical (unpaired) electrons. The number of hydrogen-bond acceptors (Lipinski definition) is 6. The van der Waals surface area contributed by atoms with Gasteiger partial charge in [0.15, 0.2) is 0 Å². The minimum Gasteiger partial charge on any atom is -0.339 e. The van der Waals surface area contributed by atoms with Crippen molar-refractivity contribution in [3.05, 3.63) is 76.9 Å². The van der Waals surface area contributed by atoms with Gasteiger partial charge < -0.3 is 4.90 Å². The van der Waals surface area contributed by atoms with E-state index in [0.717, 1.165) is 5.56 Å². The van der Waals surface area contributed by atoms with Crippen molar-refractivity contribution in [1.82, 2.24) is 9.96 Å². The molecule has 1 heterocycles. The van der Waals surface area contributed by atoms with Crippen molar-refractivity contribution >= 4 is 38.6 Å². The van der Waals surface area contributed by atoms with E-state index in [1.54, 1.807) is 36.1 Å². The molecule has 3 aromatic carbocycles. The first-order valence-electron chi connectivity index (χ1n) is 10.4. The maximum absolute atomic E-state index is 13.1. The smallest absolute Gasteiger partial charge is 0.318 e. The minimum absolute atomic E-state index is 0.0791. The zero-order valence-corrected chi connectivity index (χ0v) is 19.2. The molecule has 0 saturated carbocycles. The van der Waals surface area contributed by atoms with Crippen LogP contribution in [0.2, 0.25) is 0 Å². The maximum atomic E-state index is 13.1. The van der Waals surface area contributed by atoms with Gasteiger partial charge in [0.2, 0.25) is 0 Å². The second-order valence-electron chi connectivity index (χ2n) is 7.61. The molecule has 1 aliphatic heterocycles. The SMILES string of the molecule is CCN(CC)C(=O)c1ccc2c3c(cccc13)C(=O)N(OS(=O)(=O)c1ccc(C)cc1)C2=O. The second-order valence-corrected chi connectivity index (χ2v) is 9.14. The molecule has 0 saturated heterocycles. The van der Waals surface area contributed by atoms with Gasteiger partial charge in [-0.1, -0.05) is 29.8 Å². The van der Waals surface area contributed by atoms with Crippen LogP contribution in [-0.2, 0) is 14.4 Å². The molecule has 170 valence electrons. The lowest BCUT2D eigenvalue weighted by molar-refractivity contribution is -0.0155. The highest BCUT2D eigenvalue weighted by Crippen LogP contribution is 2.33. The Kier molecular flexibility index (Phi) is 5.77. The van der Waals surface area contributed by atoms with Crippen LogP contribution in [0, 0.1) is 6.92 Å². The fraction of sp³-hybridized carbons (Fsp3) is 0.208. The predicted octanol–water partition coefficient (Wildman–Crippen LogP) is 3.55. The Balaban J connectivity index is 1.79.